The Morgan fingerprint density at radius 3 is 2.79 bits per heavy atom. The quantitative estimate of drug-likeness (QED) is 0.687. The predicted octanol–water partition coefficient (Wildman–Crippen LogP) is 0.880. The van der Waals surface area contributed by atoms with E-state index in [1.807, 2.05) is 0 Å². The zero-order chi connectivity index (χ0) is 14.1. The Balaban J connectivity index is 2.34. The number of nitrogens with two attached hydrogens (primary N) is 1. The average Bonchev–Trinajstić information content (AvgIpc) is 2.41. The number of amides is 2. The molecule has 1 atom stereocenters. The van der Waals surface area contributed by atoms with Crippen molar-refractivity contribution in [2.45, 2.75) is 45.4 Å². The SMILES string of the molecule is CCCCN(CC(N)=O)C(=O)CCC1CCCNC1. The maximum atomic E-state index is 12.1. The van der Waals surface area contributed by atoms with Gasteiger partial charge in [0.15, 0.2) is 0 Å². The van der Waals surface area contributed by atoms with Gasteiger partial charge in [0.1, 0.15) is 0 Å². The number of carbonyl (C=O) groups excluding carboxylic acids is 2. The minimum atomic E-state index is -0.427. The van der Waals surface area contributed by atoms with Gasteiger partial charge in [0.2, 0.25) is 11.8 Å². The molecule has 0 aromatic heterocycles. The first-order valence-corrected chi connectivity index (χ1v) is 7.40. The molecule has 1 unspecified atom stereocenters. The van der Waals surface area contributed by atoms with E-state index in [0.717, 1.165) is 32.4 Å². The Bertz CT molecular complexity index is 288. The molecule has 1 aliphatic rings. The topological polar surface area (TPSA) is 75.4 Å². The fraction of sp³-hybridized carbons (Fsp3) is 0.857. The predicted molar refractivity (Wildman–Crippen MR) is 75.5 cm³/mol. The van der Waals surface area contributed by atoms with Crippen LogP contribution in [0.25, 0.3) is 0 Å². The highest BCUT2D eigenvalue weighted by Gasteiger charge is 2.18. The van der Waals surface area contributed by atoms with Gasteiger partial charge in [-0.3, -0.25) is 9.59 Å². The number of carbonyl (C=O) groups is 2. The molecule has 0 radical (unpaired) electrons. The van der Waals surface area contributed by atoms with Crippen molar-refractivity contribution < 1.29 is 9.59 Å². The molecule has 0 saturated carbocycles. The summed E-state index contributed by atoms with van der Waals surface area (Å²) < 4.78 is 0. The summed E-state index contributed by atoms with van der Waals surface area (Å²) in [4.78, 5) is 24.7. The highest BCUT2D eigenvalue weighted by Crippen LogP contribution is 2.16. The molecule has 1 fully saturated rings. The molecule has 1 rings (SSSR count). The Hall–Kier alpha value is -1.10. The average molecular weight is 269 g/mol. The summed E-state index contributed by atoms with van der Waals surface area (Å²) in [6.07, 6.45) is 5.76. The van der Waals surface area contributed by atoms with Gasteiger partial charge in [-0.2, -0.15) is 0 Å². The van der Waals surface area contributed by atoms with Crippen molar-refractivity contribution in [1.82, 2.24) is 10.2 Å². The molecule has 110 valence electrons. The van der Waals surface area contributed by atoms with Gasteiger partial charge < -0.3 is 16.0 Å². The zero-order valence-corrected chi connectivity index (χ0v) is 12.0. The Labute approximate surface area is 115 Å². The van der Waals surface area contributed by atoms with Crippen LogP contribution in [0.3, 0.4) is 0 Å². The third-order valence-electron chi connectivity index (χ3n) is 3.65. The van der Waals surface area contributed by atoms with Crippen LogP contribution in [-0.2, 0) is 9.59 Å². The number of hydrogen-bond donors (Lipinski definition) is 2. The van der Waals surface area contributed by atoms with Crippen LogP contribution in [0.2, 0.25) is 0 Å². The van der Waals surface area contributed by atoms with Crippen molar-refractivity contribution >= 4 is 11.8 Å². The van der Waals surface area contributed by atoms with E-state index in [-0.39, 0.29) is 12.5 Å². The molecule has 0 aliphatic carbocycles. The second-order valence-corrected chi connectivity index (χ2v) is 5.39. The van der Waals surface area contributed by atoms with Crippen LogP contribution in [0, 0.1) is 5.92 Å². The van der Waals surface area contributed by atoms with Crippen LogP contribution in [0.1, 0.15) is 45.4 Å². The summed E-state index contributed by atoms with van der Waals surface area (Å²) in [6, 6.07) is 0. The Kier molecular flexibility index (Phi) is 7.48. The van der Waals surface area contributed by atoms with Crippen molar-refractivity contribution in [2.24, 2.45) is 11.7 Å². The van der Waals surface area contributed by atoms with E-state index in [9.17, 15) is 9.59 Å². The molecule has 5 nitrogen and oxygen atoms in total. The molecule has 19 heavy (non-hydrogen) atoms. The number of hydrogen-bond acceptors (Lipinski definition) is 3. The van der Waals surface area contributed by atoms with Crippen LogP contribution < -0.4 is 11.1 Å². The summed E-state index contributed by atoms with van der Waals surface area (Å²) >= 11 is 0. The van der Waals surface area contributed by atoms with Crippen molar-refractivity contribution in [1.29, 1.82) is 0 Å². The van der Waals surface area contributed by atoms with Gasteiger partial charge in [-0.25, -0.2) is 0 Å². The molecule has 0 spiro atoms. The third-order valence-corrected chi connectivity index (χ3v) is 3.65. The lowest BCUT2D eigenvalue weighted by Crippen LogP contribution is -2.39. The molecular weight excluding hydrogens is 242 g/mol. The van der Waals surface area contributed by atoms with E-state index >= 15 is 0 Å². The largest absolute Gasteiger partial charge is 0.368 e. The third kappa shape index (κ3) is 6.57. The number of unbranched alkanes of at least 4 members (excludes halogenated alkanes) is 1. The van der Waals surface area contributed by atoms with Crippen LogP contribution in [0.15, 0.2) is 0 Å². The highest BCUT2D eigenvalue weighted by molar-refractivity contribution is 5.83. The summed E-state index contributed by atoms with van der Waals surface area (Å²) in [6.45, 7) is 4.87. The van der Waals surface area contributed by atoms with E-state index in [2.05, 4.69) is 12.2 Å². The molecule has 2 amide bonds. The number of primary amides is 1. The lowest BCUT2D eigenvalue weighted by atomic mass is 9.94. The normalized spacial score (nSPS) is 19.1. The molecule has 0 aromatic rings. The van der Waals surface area contributed by atoms with E-state index in [1.54, 1.807) is 4.90 Å². The van der Waals surface area contributed by atoms with E-state index in [0.29, 0.717) is 18.9 Å². The van der Waals surface area contributed by atoms with Gasteiger partial charge >= 0.3 is 0 Å². The van der Waals surface area contributed by atoms with Gasteiger partial charge in [0, 0.05) is 13.0 Å². The summed E-state index contributed by atoms with van der Waals surface area (Å²) in [7, 11) is 0. The number of piperidine rings is 1. The standard InChI is InChI=1S/C14H27N3O2/c1-2-3-9-17(11-13(15)18)14(19)7-6-12-5-4-8-16-10-12/h12,16H,2-11H2,1H3,(H2,15,18). The lowest BCUT2D eigenvalue weighted by molar-refractivity contribution is -0.135. The summed E-state index contributed by atoms with van der Waals surface area (Å²) in [5.41, 5.74) is 5.20. The fourth-order valence-electron chi connectivity index (χ4n) is 2.49. The van der Waals surface area contributed by atoms with Gasteiger partial charge in [-0.1, -0.05) is 13.3 Å². The molecule has 0 bridgehead atoms. The van der Waals surface area contributed by atoms with E-state index < -0.39 is 5.91 Å². The van der Waals surface area contributed by atoms with Crippen molar-refractivity contribution in [3.05, 3.63) is 0 Å². The molecule has 5 heteroatoms. The molecule has 1 aliphatic heterocycles. The highest BCUT2D eigenvalue weighted by atomic mass is 16.2. The second kappa shape index (κ2) is 8.91. The van der Waals surface area contributed by atoms with E-state index in [4.69, 9.17) is 5.73 Å². The van der Waals surface area contributed by atoms with Crippen molar-refractivity contribution in [2.75, 3.05) is 26.2 Å². The first-order valence-electron chi connectivity index (χ1n) is 7.40. The molecule has 3 N–H and O–H groups in total. The van der Waals surface area contributed by atoms with Crippen molar-refractivity contribution in [3.63, 3.8) is 0 Å². The number of nitrogens with zero attached hydrogens (tertiary/aromatic N) is 1. The smallest absolute Gasteiger partial charge is 0.237 e. The minimum Gasteiger partial charge on any atom is -0.368 e. The number of nitrogens with one attached hydrogen (secondary N) is 1. The summed E-state index contributed by atoms with van der Waals surface area (Å²) in [5, 5.41) is 3.36. The van der Waals surface area contributed by atoms with Gasteiger partial charge in [-0.15, -0.1) is 0 Å². The first kappa shape index (κ1) is 16.0. The fourth-order valence-corrected chi connectivity index (χ4v) is 2.49. The summed E-state index contributed by atoms with van der Waals surface area (Å²) in [5.74, 6) is 0.237. The second-order valence-electron chi connectivity index (χ2n) is 5.39. The van der Waals surface area contributed by atoms with Gasteiger partial charge in [-0.05, 0) is 44.7 Å². The maximum Gasteiger partial charge on any atom is 0.237 e. The van der Waals surface area contributed by atoms with Crippen LogP contribution in [0.4, 0.5) is 0 Å². The maximum absolute atomic E-state index is 12.1. The molecular formula is C14H27N3O2. The molecule has 0 aromatic carbocycles. The molecule has 1 saturated heterocycles. The lowest BCUT2D eigenvalue weighted by Gasteiger charge is -2.25. The number of rotatable bonds is 8. The van der Waals surface area contributed by atoms with Crippen LogP contribution in [0.5, 0.6) is 0 Å². The zero-order valence-electron chi connectivity index (χ0n) is 12.0. The minimum absolute atomic E-state index is 0.0573. The molecule has 1 heterocycles. The van der Waals surface area contributed by atoms with E-state index in [1.165, 1.54) is 12.8 Å². The first-order chi connectivity index (χ1) is 9.13. The monoisotopic (exact) mass is 269 g/mol. The van der Waals surface area contributed by atoms with Gasteiger partial charge in [0.05, 0.1) is 6.54 Å². The Morgan fingerprint density at radius 2 is 2.21 bits per heavy atom. The van der Waals surface area contributed by atoms with Gasteiger partial charge in [0.25, 0.3) is 0 Å². The van der Waals surface area contributed by atoms with Crippen LogP contribution in [-0.4, -0.2) is 42.9 Å². The van der Waals surface area contributed by atoms with Crippen molar-refractivity contribution in [3.8, 4) is 0 Å². The Morgan fingerprint density at radius 1 is 1.42 bits per heavy atom. The van der Waals surface area contributed by atoms with Crippen LogP contribution >= 0.6 is 0 Å².